The van der Waals surface area contributed by atoms with Crippen LogP contribution in [0.25, 0.3) is 0 Å². The van der Waals surface area contributed by atoms with Crippen molar-refractivity contribution >= 4 is 27.6 Å². The molecule has 0 aliphatic heterocycles. The molecule has 0 radical (unpaired) electrons. The largest absolute Gasteiger partial charge is 0.478 e. The van der Waals surface area contributed by atoms with Crippen molar-refractivity contribution in [3.63, 3.8) is 0 Å². The predicted molar refractivity (Wildman–Crippen MR) is 74.8 cm³/mol. The van der Waals surface area contributed by atoms with Gasteiger partial charge in [0.25, 0.3) is 0 Å². The Kier molecular flexibility index (Phi) is 4.34. The first-order valence-corrected chi connectivity index (χ1v) is 6.47. The zero-order valence-corrected chi connectivity index (χ0v) is 11.7. The molecule has 0 saturated heterocycles. The number of aromatic carboxylic acids is 1. The molecule has 0 aliphatic rings. The Labute approximate surface area is 122 Å². The molecule has 0 amide bonds. The third-order valence-corrected chi connectivity index (χ3v) is 3.37. The number of halogens is 3. The van der Waals surface area contributed by atoms with Crippen LogP contribution in [0.4, 0.5) is 14.5 Å². The highest BCUT2D eigenvalue weighted by Crippen LogP contribution is 2.23. The van der Waals surface area contributed by atoms with Crippen LogP contribution < -0.4 is 5.32 Å². The van der Waals surface area contributed by atoms with E-state index in [1.165, 1.54) is 24.3 Å². The van der Waals surface area contributed by atoms with E-state index in [1.54, 1.807) is 6.07 Å². The van der Waals surface area contributed by atoms with Crippen molar-refractivity contribution in [3.8, 4) is 0 Å². The summed E-state index contributed by atoms with van der Waals surface area (Å²) < 4.78 is 27.3. The molecule has 2 aromatic carbocycles. The number of carbonyl (C=O) groups is 1. The average Bonchev–Trinajstić information content (AvgIpc) is 2.39. The normalized spacial score (nSPS) is 10.3. The molecule has 0 unspecified atom stereocenters. The molecule has 2 aromatic rings. The number of hydrogen-bond acceptors (Lipinski definition) is 2. The zero-order chi connectivity index (χ0) is 14.7. The van der Waals surface area contributed by atoms with Gasteiger partial charge in [-0.1, -0.05) is 6.07 Å². The van der Waals surface area contributed by atoms with Crippen molar-refractivity contribution in [3.05, 3.63) is 63.6 Å². The monoisotopic (exact) mass is 341 g/mol. The van der Waals surface area contributed by atoms with Gasteiger partial charge in [-0.2, -0.15) is 0 Å². The number of rotatable bonds is 4. The van der Waals surface area contributed by atoms with Crippen LogP contribution >= 0.6 is 15.9 Å². The summed E-state index contributed by atoms with van der Waals surface area (Å²) in [6.07, 6.45) is 0. The van der Waals surface area contributed by atoms with Crippen LogP contribution in [-0.4, -0.2) is 11.1 Å². The van der Waals surface area contributed by atoms with Crippen molar-refractivity contribution in [1.29, 1.82) is 0 Å². The van der Waals surface area contributed by atoms with Crippen LogP contribution in [0.3, 0.4) is 0 Å². The quantitative estimate of drug-likeness (QED) is 0.882. The lowest BCUT2D eigenvalue weighted by atomic mass is 10.1. The maximum Gasteiger partial charge on any atom is 0.338 e. The van der Waals surface area contributed by atoms with E-state index >= 15 is 0 Å². The van der Waals surface area contributed by atoms with Gasteiger partial charge in [-0.25, -0.2) is 13.6 Å². The van der Waals surface area contributed by atoms with Crippen molar-refractivity contribution < 1.29 is 18.7 Å². The fourth-order valence-corrected chi connectivity index (χ4v) is 2.06. The second kappa shape index (κ2) is 6.00. The Morgan fingerprint density at radius 2 is 1.95 bits per heavy atom. The summed E-state index contributed by atoms with van der Waals surface area (Å²) in [4.78, 5) is 10.7. The number of carboxylic acid groups (broad SMARTS) is 1. The standard InChI is InChI=1S/C14H10BrF2NO2/c15-11-4-2-9(16)6-13(11)18-7-8-1-3-10(14(19)20)12(17)5-8/h1-6,18H,7H2,(H,19,20). The van der Waals surface area contributed by atoms with Crippen LogP contribution in [0, 0.1) is 11.6 Å². The minimum Gasteiger partial charge on any atom is -0.478 e. The van der Waals surface area contributed by atoms with Crippen LogP contribution in [0.2, 0.25) is 0 Å². The predicted octanol–water partition coefficient (Wildman–Crippen LogP) is 4.04. The van der Waals surface area contributed by atoms with Crippen LogP contribution in [0.1, 0.15) is 15.9 Å². The second-order valence-electron chi connectivity index (χ2n) is 4.10. The number of benzene rings is 2. The summed E-state index contributed by atoms with van der Waals surface area (Å²) in [7, 11) is 0. The van der Waals surface area contributed by atoms with E-state index in [4.69, 9.17) is 5.11 Å². The Bertz CT molecular complexity index is 662. The van der Waals surface area contributed by atoms with Crippen molar-refractivity contribution in [2.45, 2.75) is 6.54 Å². The van der Waals surface area contributed by atoms with E-state index in [1.807, 2.05) is 0 Å². The minimum absolute atomic E-state index is 0.249. The van der Waals surface area contributed by atoms with Crippen LogP contribution in [0.5, 0.6) is 0 Å². The molecule has 104 valence electrons. The molecule has 0 saturated carbocycles. The summed E-state index contributed by atoms with van der Waals surface area (Å²) in [6, 6.07) is 8.04. The smallest absolute Gasteiger partial charge is 0.338 e. The van der Waals surface area contributed by atoms with Crippen molar-refractivity contribution in [2.75, 3.05) is 5.32 Å². The summed E-state index contributed by atoms with van der Waals surface area (Å²) >= 11 is 3.27. The van der Waals surface area contributed by atoms with Crippen LogP contribution in [0.15, 0.2) is 40.9 Å². The molecule has 0 atom stereocenters. The topological polar surface area (TPSA) is 49.3 Å². The van der Waals surface area contributed by atoms with Crippen LogP contribution in [-0.2, 0) is 6.54 Å². The molecule has 0 heterocycles. The first-order valence-electron chi connectivity index (χ1n) is 5.68. The van der Waals surface area contributed by atoms with E-state index < -0.39 is 11.8 Å². The van der Waals surface area contributed by atoms with Gasteiger partial charge in [-0.05, 0) is 51.8 Å². The van der Waals surface area contributed by atoms with Crippen molar-refractivity contribution in [2.24, 2.45) is 0 Å². The highest BCUT2D eigenvalue weighted by atomic mass is 79.9. The summed E-state index contributed by atoms with van der Waals surface area (Å²) in [5.74, 6) is -2.49. The maximum atomic E-state index is 13.5. The lowest BCUT2D eigenvalue weighted by Gasteiger charge is -2.09. The molecule has 0 aliphatic carbocycles. The Morgan fingerprint density at radius 3 is 2.60 bits per heavy atom. The Balaban J connectivity index is 2.13. The third kappa shape index (κ3) is 3.33. The van der Waals surface area contributed by atoms with Crippen molar-refractivity contribution in [1.82, 2.24) is 0 Å². The average molecular weight is 342 g/mol. The molecule has 3 nitrogen and oxygen atoms in total. The Morgan fingerprint density at radius 1 is 1.20 bits per heavy atom. The SMILES string of the molecule is O=C(O)c1ccc(CNc2cc(F)ccc2Br)cc1F. The number of carboxylic acids is 1. The van der Waals surface area contributed by atoms with Gasteiger partial charge in [0, 0.05) is 11.0 Å². The second-order valence-corrected chi connectivity index (χ2v) is 4.95. The molecule has 0 bridgehead atoms. The summed E-state index contributed by atoms with van der Waals surface area (Å²) in [5, 5.41) is 11.7. The van der Waals surface area contributed by atoms with E-state index in [9.17, 15) is 13.6 Å². The van der Waals surface area contributed by atoms with Gasteiger partial charge < -0.3 is 10.4 Å². The van der Waals surface area contributed by atoms with Gasteiger partial charge in [-0.3, -0.25) is 0 Å². The third-order valence-electron chi connectivity index (χ3n) is 2.68. The summed E-state index contributed by atoms with van der Waals surface area (Å²) in [6.45, 7) is 0.249. The molecule has 0 spiro atoms. The summed E-state index contributed by atoms with van der Waals surface area (Å²) in [5.41, 5.74) is 0.720. The van der Waals surface area contributed by atoms with E-state index in [2.05, 4.69) is 21.2 Å². The van der Waals surface area contributed by atoms with Gasteiger partial charge >= 0.3 is 5.97 Å². The fourth-order valence-electron chi connectivity index (χ4n) is 1.67. The first-order chi connectivity index (χ1) is 9.47. The molecule has 6 heteroatoms. The number of anilines is 1. The Hall–Kier alpha value is -1.95. The maximum absolute atomic E-state index is 13.5. The van der Waals surface area contributed by atoms with Gasteiger partial charge in [0.2, 0.25) is 0 Å². The first kappa shape index (κ1) is 14.5. The molecular formula is C14H10BrF2NO2. The van der Waals surface area contributed by atoms with Gasteiger partial charge in [0.1, 0.15) is 11.6 Å². The van der Waals surface area contributed by atoms with Gasteiger partial charge in [0.15, 0.2) is 0 Å². The lowest BCUT2D eigenvalue weighted by molar-refractivity contribution is 0.0692. The van der Waals surface area contributed by atoms with E-state index in [0.29, 0.717) is 15.7 Å². The molecule has 0 fully saturated rings. The molecule has 2 rings (SSSR count). The number of hydrogen-bond donors (Lipinski definition) is 2. The molecule has 0 aromatic heterocycles. The van der Waals surface area contributed by atoms with Gasteiger partial charge in [-0.15, -0.1) is 0 Å². The fraction of sp³-hybridized carbons (Fsp3) is 0.0714. The molecule has 2 N–H and O–H groups in total. The lowest BCUT2D eigenvalue weighted by Crippen LogP contribution is -2.04. The highest BCUT2D eigenvalue weighted by Gasteiger charge is 2.10. The minimum atomic E-state index is -1.31. The van der Waals surface area contributed by atoms with E-state index in [-0.39, 0.29) is 17.9 Å². The number of nitrogens with one attached hydrogen (secondary N) is 1. The molecule has 20 heavy (non-hydrogen) atoms. The molecular weight excluding hydrogens is 332 g/mol. The zero-order valence-electron chi connectivity index (χ0n) is 10.2. The van der Waals surface area contributed by atoms with E-state index in [0.717, 1.165) is 6.07 Å². The highest BCUT2D eigenvalue weighted by molar-refractivity contribution is 9.10. The van der Waals surface area contributed by atoms with Gasteiger partial charge in [0.05, 0.1) is 11.3 Å².